The highest BCUT2D eigenvalue weighted by Gasteiger charge is 2.23. The molecular weight excluding hydrogens is 230 g/mol. The molecule has 19 heavy (non-hydrogen) atoms. The first-order valence-electron chi connectivity index (χ1n) is 8.17. The lowest BCUT2D eigenvalue weighted by molar-refractivity contribution is 0.337. The van der Waals surface area contributed by atoms with Gasteiger partial charge >= 0.3 is 0 Å². The van der Waals surface area contributed by atoms with Crippen LogP contribution < -0.4 is 5.32 Å². The van der Waals surface area contributed by atoms with Gasteiger partial charge in [-0.05, 0) is 50.1 Å². The summed E-state index contributed by atoms with van der Waals surface area (Å²) in [6.45, 7) is 3.37. The van der Waals surface area contributed by atoms with E-state index in [-0.39, 0.29) is 0 Å². The molecule has 1 heteroatoms. The first-order chi connectivity index (χ1) is 9.40. The zero-order valence-corrected chi connectivity index (χ0v) is 12.4. The molecule has 0 saturated heterocycles. The number of benzene rings is 1. The van der Waals surface area contributed by atoms with E-state index < -0.39 is 0 Å². The average molecular weight is 259 g/mol. The molecule has 1 saturated carbocycles. The van der Waals surface area contributed by atoms with Crippen molar-refractivity contribution < 1.29 is 0 Å². The van der Waals surface area contributed by atoms with Gasteiger partial charge < -0.3 is 5.32 Å². The molecule has 0 aliphatic heterocycles. The van der Waals surface area contributed by atoms with Gasteiger partial charge in [-0.25, -0.2) is 0 Å². The minimum atomic E-state index is 0.781. The SMILES string of the molecule is CCNC(CCCCc1ccccc1)C1CCCC1. The van der Waals surface area contributed by atoms with Gasteiger partial charge in [-0.3, -0.25) is 0 Å². The highest BCUT2D eigenvalue weighted by atomic mass is 14.9. The normalized spacial score (nSPS) is 17.7. The van der Waals surface area contributed by atoms with Crippen LogP contribution >= 0.6 is 0 Å². The Labute approximate surface area is 118 Å². The van der Waals surface area contributed by atoms with Gasteiger partial charge in [-0.2, -0.15) is 0 Å². The quantitative estimate of drug-likeness (QED) is 0.674. The zero-order chi connectivity index (χ0) is 13.3. The van der Waals surface area contributed by atoms with Gasteiger partial charge in [0.05, 0.1) is 0 Å². The molecule has 0 heterocycles. The summed E-state index contributed by atoms with van der Waals surface area (Å²) in [5, 5.41) is 3.72. The minimum Gasteiger partial charge on any atom is -0.314 e. The molecule has 1 aromatic carbocycles. The Kier molecular flexibility index (Phi) is 6.43. The minimum absolute atomic E-state index is 0.781. The fourth-order valence-corrected chi connectivity index (χ4v) is 3.46. The topological polar surface area (TPSA) is 12.0 Å². The molecule has 0 aromatic heterocycles. The molecule has 1 aliphatic carbocycles. The molecule has 1 aliphatic rings. The van der Waals surface area contributed by atoms with Gasteiger partial charge in [-0.1, -0.05) is 56.5 Å². The summed E-state index contributed by atoms with van der Waals surface area (Å²) in [7, 11) is 0. The Hall–Kier alpha value is -0.820. The summed E-state index contributed by atoms with van der Waals surface area (Å²) in [6, 6.07) is 11.7. The molecule has 1 aromatic rings. The number of nitrogens with one attached hydrogen (secondary N) is 1. The maximum atomic E-state index is 3.72. The van der Waals surface area contributed by atoms with Crippen molar-refractivity contribution in [2.75, 3.05) is 6.54 Å². The van der Waals surface area contributed by atoms with Crippen molar-refractivity contribution in [3.05, 3.63) is 35.9 Å². The van der Waals surface area contributed by atoms with E-state index in [1.807, 2.05) is 0 Å². The first kappa shape index (κ1) is 14.6. The summed E-state index contributed by atoms with van der Waals surface area (Å²) in [5.74, 6) is 0.955. The van der Waals surface area contributed by atoms with E-state index in [0.717, 1.165) is 18.5 Å². The molecule has 0 radical (unpaired) electrons. The molecule has 0 amide bonds. The average Bonchev–Trinajstić information content (AvgIpc) is 2.97. The molecule has 2 rings (SSSR count). The third-order valence-electron chi connectivity index (χ3n) is 4.51. The summed E-state index contributed by atoms with van der Waals surface area (Å²) in [4.78, 5) is 0. The number of rotatable bonds is 8. The molecule has 106 valence electrons. The molecule has 1 fully saturated rings. The van der Waals surface area contributed by atoms with Crippen LogP contribution in [-0.4, -0.2) is 12.6 Å². The van der Waals surface area contributed by atoms with Crippen LogP contribution in [0.25, 0.3) is 0 Å². The van der Waals surface area contributed by atoms with Crippen LogP contribution in [0.4, 0.5) is 0 Å². The van der Waals surface area contributed by atoms with Crippen LogP contribution in [0.1, 0.15) is 57.4 Å². The van der Waals surface area contributed by atoms with Gasteiger partial charge in [0.15, 0.2) is 0 Å². The van der Waals surface area contributed by atoms with Crippen molar-refractivity contribution in [2.24, 2.45) is 5.92 Å². The van der Waals surface area contributed by atoms with Gasteiger partial charge in [0.25, 0.3) is 0 Å². The number of hydrogen-bond donors (Lipinski definition) is 1. The van der Waals surface area contributed by atoms with E-state index in [9.17, 15) is 0 Å². The number of aryl methyl sites for hydroxylation is 1. The molecular formula is C18H29N. The fourth-order valence-electron chi connectivity index (χ4n) is 3.46. The lowest BCUT2D eigenvalue weighted by atomic mass is 9.92. The molecule has 0 bridgehead atoms. The van der Waals surface area contributed by atoms with Crippen LogP contribution in [0.2, 0.25) is 0 Å². The second kappa shape index (κ2) is 8.37. The fraction of sp³-hybridized carbons (Fsp3) is 0.667. The predicted molar refractivity (Wildman–Crippen MR) is 83.4 cm³/mol. The highest BCUT2D eigenvalue weighted by Crippen LogP contribution is 2.29. The summed E-state index contributed by atoms with van der Waals surface area (Å²) < 4.78 is 0. The van der Waals surface area contributed by atoms with E-state index in [1.165, 1.54) is 56.9 Å². The van der Waals surface area contributed by atoms with Crippen LogP contribution in [0, 0.1) is 5.92 Å². The summed E-state index contributed by atoms with van der Waals surface area (Å²) >= 11 is 0. The Balaban J connectivity index is 1.67. The predicted octanol–water partition coefficient (Wildman–Crippen LogP) is 4.57. The second-order valence-corrected chi connectivity index (χ2v) is 5.94. The zero-order valence-electron chi connectivity index (χ0n) is 12.4. The Morgan fingerprint density at radius 2 is 1.84 bits per heavy atom. The van der Waals surface area contributed by atoms with Crippen molar-refractivity contribution in [1.82, 2.24) is 5.32 Å². The monoisotopic (exact) mass is 259 g/mol. The number of unbranched alkanes of at least 4 members (excludes halogenated alkanes) is 1. The van der Waals surface area contributed by atoms with E-state index in [0.29, 0.717) is 0 Å². The molecule has 1 nitrogen and oxygen atoms in total. The van der Waals surface area contributed by atoms with E-state index in [1.54, 1.807) is 0 Å². The standard InChI is InChI=1S/C18H29N/c1-2-19-18(17-13-7-8-14-17)15-9-6-12-16-10-4-3-5-11-16/h3-5,10-11,17-19H,2,6-9,12-15H2,1H3. The van der Waals surface area contributed by atoms with Gasteiger partial charge in [0.1, 0.15) is 0 Å². The van der Waals surface area contributed by atoms with Crippen molar-refractivity contribution in [2.45, 2.75) is 64.3 Å². The van der Waals surface area contributed by atoms with Gasteiger partial charge in [0, 0.05) is 6.04 Å². The summed E-state index contributed by atoms with van der Waals surface area (Å²) in [6.07, 6.45) is 11.1. The molecule has 1 atom stereocenters. The Bertz CT molecular complexity index is 327. The smallest absolute Gasteiger partial charge is 0.00952 e. The third-order valence-corrected chi connectivity index (χ3v) is 4.51. The second-order valence-electron chi connectivity index (χ2n) is 5.94. The maximum absolute atomic E-state index is 3.72. The lowest BCUT2D eigenvalue weighted by Crippen LogP contribution is -2.35. The van der Waals surface area contributed by atoms with Gasteiger partial charge in [0.2, 0.25) is 0 Å². The van der Waals surface area contributed by atoms with Crippen molar-refractivity contribution >= 4 is 0 Å². The lowest BCUT2D eigenvalue weighted by Gasteiger charge is -2.24. The molecule has 1 N–H and O–H groups in total. The number of hydrogen-bond acceptors (Lipinski definition) is 1. The highest BCUT2D eigenvalue weighted by molar-refractivity contribution is 5.14. The Morgan fingerprint density at radius 1 is 1.11 bits per heavy atom. The maximum Gasteiger partial charge on any atom is 0.00952 e. The van der Waals surface area contributed by atoms with E-state index >= 15 is 0 Å². The van der Waals surface area contributed by atoms with E-state index in [2.05, 4.69) is 42.6 Å². The van der Waals surface area contributed by atoms with Crippen LogP contribution in [-0.2, 0) is 6.42 Å². The van der Waals surface area contributed by atoms with Crippen LogP contribution in [0.15, 0.2) is 30.3 Å². The largest absolute Gasteiger partial charge is 0.314 e. The van der Waals surface area contributed by atoms with Crippen molar-refractivity contribution in [3.8, 4) is 0 Å². The molecule has 1 unspecified atom stereocenters. The van der Waals surface area contributed by atoms with Crippen molar-refractivity contribution in [1.29, 1.82) is 0 Å². The third kappa shape index (κ3) is 4.99. The van der Waals surface area contributed by atoms with Crippen LogP contribution in [0.3, 0.4) is 0 Å². The first-order valence-corrected chi connectivity index (χ1v) is 8.17. The Morgan fingerprint density at radius 3 is 2.53 bits per heavy atom. The molecule has 0 spiro atoms. The van der Waals surface area contributed by atoms with Crippen molar-refractivity contribution in [3.63, 3.8) is 0 Å². The van der Waals surface area contributed by atoms with E-state index in [4.69, 9.17) is 0 Å². The van der Waals surface area contributed by atoms with Crippen LogP contribution in [0.5, 0.6) is 0 Å². The summed E-state index contributed by atoms with van der Waals surface area (Å²) in [5.41, 5.74) is 1.49. The van der Waals surface area contributed by atoms with Gasteiger partial charge in [-0.15, -0.1) is 0 Å².